The normalized spacial score (nSPS) is 21.2. The van der Waals surface area contributed by atoms with E-state index in [1.165, 1.54) is 63.8 Å². The fourth-order valence-electron chi connectivity index (χ4n) is 4.04. The molecule has 1 N–H and O–H groups in total. The Morgan fingerprint density at radius 2 is 1.95 bits per heavy atom. The highest BCUT2D eigenvalue weighted by molar-refractivity contribution is 5.50. The van der Waals surface area contributed by atoms with Gasteiger partial charge in [-0.1, -0.05) is 13.0 Å². The van der Waals surface area contributed by atoms with Gasteiger partial charge in [0.25, 0.3) is 0 Å². The SMILES string of the molecule is CCCN1CCC(C(C)Nc2ccc3c(c2)CCC3)CC1. The van der Waals surface area contributed by atoms with Gasteiger partial charge in [0.2, 0.25) is 0 Å². The van der Waals surface area contributed by atoms with Gasteiger partial charge in [-0.3, -0.25) is 0 Å². The zero-order valence-corrected chi connectivity index (χ0v) is 13.7. The van der Waals surface area contributed by atoms with Gasteiger partial charge >= 0.3 is 0 Å². The fourth-order valence-corrected chi connectivity index (χ4v) is 4.04. The van der Waals surface area contributed by atoms with Crippen molar-refractivity contribution in [2.45, 2.75) is 58.4 Å². The number of aryl methyl sites for hydroxylation is 2. The van der Waals surface area contributed by atoms with E-state index in [-0.39, 0.29) is 0 Å². The van der Waals surface area contributed by atoms with E-state index < -0.39 is 0 Å². The predicted molar refractivity (Wildman–Crippen MR) is 91.0 cm³/mol. The summed E-state index contributed by atoms with van der Waals surface area (Å²) in [5, 5.41) is 3.77. The first-order chi connectivity index (χ1) is 10.3. The van der Waals surface area contributed by atoms with Crippen LogP contribution in [-0.4, -0.2) is 30.6 Å². The van der Waals surface area contributed by atoms with Crippen molar-refractivity contribution in [1.82, 2.24) is 4.90 Å². The maximum absolute atomic E-state index is 3.77. The highest BCUT2D eigenvalue weighted by Gasteiger charge is 2.23. The largest absolute Gasteiger partial charge is 0.382 e. The Hall–Kier alpha value is -1.02. The summed E-state index contributed by atoms with van der Waals surface area (Å²) in [4.78, 5) is 2.62. The van der Waals surface area contributed by atoms with E-state index in [2.05, 4.69) is 42.3 Å². The van der Waals surface area contributed by atoms with Crippen LogP contribution in [0.25, 0.3) is 0 Å². The topological polar surface area (TPSA) is 15.3 Å². The molecule has 1 aromatic carbocycles. The third kappa shape index (κ3) is 3.60. The first-order valence-corrected chi connectivity index (χ1v) is 8.87. The van der Waals surface area contributed by atoms with Crippen LogP contribution in [0.1, 0.15) is 50.7 Å². The lowest BCUT2D eigenvalue weighted by atomic mass is 9.90. The number of hydrogen-bond donors (Lipinski definition) is 1. The Bertz CT molecular complexity index is 461. The van der Waals surface area contributed by atoms with Crippen LogP contribution in [0.3, 0.4) is 0 Å². The number of fused-ring (bicyclic) bond motifs is 1. The van der Waals surface area contributed by atoms with Crippen LogP contribution in [0.2, 0.25) is 0 Å². The molecular weight excluding hydrogens is 256 g/mol. The summed E-state index contributed by atoms with van der Waals surface area (Å²) in [6.45, 7) is 8.50. The Morgan fingerprint density at radius 3 is 2.71 bits per heavy atom. The quantitative estimate of drug-likeness (QED) is 0.876. The molecule has 21 heavy (non-hydrogen) atoms. The lowest BCUT2D eigenvalue weighted by Gasteiger charge is -2.35. The van der Waals surface area contributed by atoms with Gasteiger partial charge in [-0.15, -0.1) is 0 Å². The molecule has 2 aliphatic rings. The third-order valence-electron chi connectivity index (χ3n) is 5.37. The molecular formula is C19H30N2. The molecule has 1 atom stereocenters. The second kappa shape index (κ2) is 6.83. The summed E-state index contributed by atoms with van der Waals surface area (Å²) in [6.07, 6.45) is 7.87. The first-order valence-electron chi connectivity index (χ1n) is 8.87. The number of nitrogens with zero attached hydrogens (tertiary/aromatic N) is 1. The molecule has 0 bridgehead atoms. The Morgan fingerprint density at radius 1 is 1.19 bits per heavy atom. The third-order valence-corrected chi connectivity index (χ3v) is 5.37. The highest BCUT2D eigenvalue weighted by Crippen LogP contribution is 2.27. The van der Waals surface area contributed by atoms with Crippen molar-refractivity contribution in [1.29, 1.82) is 0 Å². The van der Waals surface area contributed by atoms with Crippen LogP contribution in [0.4, 0.5) is 5.69 Å². The summed E-state index contributed by atoms with van der Waals surface area (Å²) in [5.74, 6) is 0.825. The van der Waals surface area contributed by atoms with Gasteiger partial charge in [-0.2, -0.15) is 0 Å². The van der Waals surface area contributed by atoms with E-state index in [0.717, 1.165) is 5.92 Å². The van der Waals surface area contributed by atoms with Crippen LogP contribution in [0.15, 0.2) is 18.2 Å². The molecule has 0 spiro atoms. The molecule has 1 aliphatic heterocycles. The minimum absolute atomic E-state index is 0.591. The molecule has 0 aromatic heterocycles. The number of nitrogens with one attached hydrogen (secondary N) is 1. The number of likely N-dealkylation sites (tertiary alicyclic amines) is 1. The molecule has 3 rings (SSSR count). The number of rotatable bonds is 5. The van der Waals surface area contributed by atoms with E-state index >= 15 is 0 Å². The van der Waals surface area contributed by atoms with Crippen molar-refractivity contribution < 1.29 is 0 Å². The monoisotopic (exact) mass is 286 g/mol. The number of benzene rings is 1. The smallest absolute Gasteiger partial charge is 0.0345 e. The van der Waals surface area contributed by atoms with Crippen molar-refractivity contribution in [3.63, 3.8) is 0 Å². The van der Waals surface area contributed by atoms with Crippen LogP contribution < -0.4 is 5.32 Å². The molecule has 2 nitrogen and oxygen atoms in total. The second-order valence-electron chi connectivity index (χ2n) is 6.95. The Labute approximate surface area is 129 Å². The predicted octanol–water partition coefficient (Wildman–Crippen LogP) is 4.10. The van der Waals surface area contributed by atoms with E-state index in [0.29, 0.717) is 6.04 Å². The van der Waals surface area contributed by atoms with Gasteiger partial charge < -0.3 is 10.2 Å². The minimum Gasteiger partial charge on any atom is -0.382 e. The average molecular weight is 286 g/mol. The molecule has 1 aliphatic carbocycles. The maximum Gasteiger partial charge on any atom is 0.0345 e. The van der Waals surface area contributed by atoms with Crippen LogP contribution in [-0.2, 0) is 12.8 Å². The molecule has 116 valence electrons. The van der Waals surface area contributed by atoms with Crippen molar-refractivity contribution >= 4 is 5.69 Å². The Kier molecular flexibility index (Phi) is 4.84. The summed E-state index contributed by atoms with van der Waals surface area (Å²) >= 11 is 0. The average Bonchev–Trinajstić information content (AvgIpc) is 2.96. The maximum atomic E-state index is 3.77. The fraction of sp³-hybridized carbons (Fsp3) is 0.684. The molecule has 1 unspecified atom stereocenters. The molecule has 2 heteroatoms. The van der Waals surface area contributed by atoms with Crippen LogP contribution in [0, 0.1) is 5.92 Å². The number of hydrogen-bond acceptors (Lipinski definition) is 2. The Balaban J connectivity index is 1.53. The first kappa shape index (κ1) is 14.9. The molecule has 0 amide bonds. The van der Waals surface area contributed by atoms with Crippen LogP contribution in [0.5, 0.6) is 0 Å². The van der Waals surface area contributed by atoms with Crippen LogP contribution >= 0.6 is 0 Å². The molecule has 1 fully saturated rings. The van der Waals surface area contributed by atoms with Gasteiger partial charge in [-0.05, 0) is 94.3 Å². The standard InChI is InChI=1S/C19H30N2/c1-3-11-21-12-9-16(10-13-21)15(2)20-19-8-7-17-5-4-6-18(17)14-19/h7-8,14-16,20H,3-6,9-13H2,1-2H3. The van der Waals surface area contributed by atoms with Gasteiger partial charge in [0.15, 0.2) is 0 Å². The molecule has 1 saturated heterocycles. The summed E-state index contributed by atoms with van der Waals surface area (Å²) in [6, 6.07) is 7.60. The molecule has 1 aromatic rings. The van der Waals surface area contributed by atoms with Crippen molar-refractivity contribution in [2.75, 3.05) is 25.0 Å². The van der Waals surface area contributed by atoms with Crippen molar-refractivity contribution in [3.05, 3.63) is 29.3 Å². The lowest BCUT2D eigenvalue weighted by Crippen LogP contribution is -2.39. The van der Waals surface area contributed by atoms with E-state index in [4.69, 9.17) is 0 Å². The summed E-state index contributed by atoms with van der Waals surface area (Å²) < 4.78 is 0. The summed E-state index contributed by atoms with van der Waals surface area (Å²) in [7, 11) is 0. The minimum atomic E-state index is 0.591. The number of anilines is 1. The summed E-state index contributed by atoms with van der Waals surface area (Å²) in [5.41, 5.74) is 4.48. The highest BCUT2D eigenvalue weighted by atomic mass is 15.1. The molecule has 0 radical (unpaired) electrons. The van der Waals surface area contributed by atoms with Crippen molar-refractivity contribution in [2.24, 2.45) is 5.92 Å². The van der Waals surface area contributed by atoms with Gasteiger partial charge in [0.05, 0.1) is 0 Å². The second-order valence-corrected chi connectivity index (χ2v) is 6.95. The molecule has 1 heterocycles. The van der Waals surface area contributed by atoms with E-state index in [1.54, 1.807) is 11.1 Å². The zero-order chi connectivity index (χ0) is 14.7. The van der Waals surface area contributed by atoms with E-state index in [1.807, 2.05) is 0 Å². The lowest BCUT2D eigenvalue weighted by molar-refractivity contribution is 0.176. The van der Waals surface area contributed by atoms with Crippen molar-refractivity contribution in [3.8, 4) is 0 Å². The molecule has 0 saturated carbocycles. The van der Waals surface area contributed by atoms with Gasteiger partial charge in [0.1, 0.15) is 0 Å². The van der Waals surface area contributed by atoms with Gasteiger partial charge in [0, 0.05) is 11.7 Å². The zero-order valence-electron chi connectivity index (χ0n) is 13.7. The van der Waals surface area contributed by atoms with Gasteiger partial charge in [-0.25, -0.2) is 0 Å². The van der Waals surface area contributed by atoms with E-state index in [9.17, 15) is 0 Å². The number of piperidine rings is 1.